The summed E-state index contributed by atoms with van der Waals surface area (Å²) in [5.74, 6) is -0.251. The predicted molar refractivity (Wildman–Crippen MR) is 62.5 cm³/mol. The van der Waals surface area contributed by atoms with Gasteiger partial charge in [-0.2, -0.15) is 0 Å². The number of carbonyl (C=O) groups excluding carboxylic acids is 2. The standard InChI is InChI=1S/C10H7ClN2O2S/c11-4-3-16-9-6-5(14)1-2-12-10(15)8(6)13-7(4)9/h3,13H,1-2H2,(H,12,15). The molecule has 1 aliphatic heterocycles. The van der Waals surface area contributed by atoms with E-state index in [4.69, 9.17) is 11.6 Å². The van der Waals surface area contributed by atoms with Crippen molar-refractivity contribution < 1.29 is 9.59 Å². The number of hydrogen-bond acceptors (Lipinski definition) is 3. The van der Waals surface area contributed by atoms with E-state index < -0.39 is 0 Å². The lowest BCUT2D eigenvalue weighted by Gasteiger charge is -1.96. The molecule has 0 atom stereocenters. The topological polar surface area (TPSA) is 62.0 Å². The molecule has 1 amide bonds. The first kappa shape index (κ1) is 9.86. The molecule has 6 heteroatoms. The Morgan fingerprint density at radius 2 is 2.19 bits per heavy atom. The Hall–Kier alpha value is -1.33. The lowest BCUT2D eigenvalue weighted by atomic mass is 10.1. The van der Waals surface area contributed by atoms with Crippen LogP contribution in [0.5, 0.6) is 0 Å². The molecule has 0 saturated heterocycles. The van der Waals surface area contributed by atoms with E-state index in [1.165, 1.54) is 11.3 Å². The molecule has 2 aromatic heterocycles. The van der Waals surface area contributed by atoms with Crippen LogP contribution in [0.4, 0.5) is 0 Å². The minimum Gasteiger partial charge on any atom is -0.350 e. The molecule has 0 spiro atoms. The number of nitrogens with one attached hydrogen (secondary N) is 2. The summed E-state index contributed by atoms with van der Waals surface area (Å²) in [6, 6.07) is 0. The number of halogens is 1. The van der Waals surface area contributed by atoms with Crippen LogP contribution in [0.3, 0.4) is 0 Å². The Morgan fingerprint density at radius 3 is 3.00 bits per heavy atom. The number of ketones is 1. The zero-order valence-corrected chi connectivity index (χ0v) is 9.67. The summed E-state index contributed by atoms with van der Waals surface area (Å²) >= 11 is 7.35. The molecule has 0 bridgehead atoms. The van der Waals surface area contributed by atoms with Crippen LogP contribution in [0.2, 0.25) is 5.02 Å². The van der Waals surface area contributed by atoms with E-state index in [1.54, 1.807) is 5.38 Å². The molecule has 3 rings (SSSR count). The smallest absolute Gasteiger partial charge is 0.268 e. The predicted octanol–water partition coefficient (Wildman–Crippen LogP) is 2.20. The summed E-state index contributed by atoms with van der Waals surface area (Å²) < 4.78 is 0.780. The number of thiophene rings is 1. The summed E-state index contributed by atoms with van der Waals surface area (Å²) in [6.45, 7) is 0.390. The average Bonchev–Trinajstić information content (AvgIpc) is 2.74. The van der Waals surface area contributed by atoms with Crippen LogP contribution < -0.4 is 5.32 Å². The number of carbonyl (C=O) groups is 2. The van der Waals surface area contributed by atoms with Crippen molar-refractivity contribution in [2.75, 3.05) is 6.54 Å². The first-order chi connectivity index (χ1) is 7.68. The molecule has 0 aromatic carbocycles. The second kappa shape index (κ2) is 3.33. The minimum absolute atomic E-state index is 0.0156. The van der Waals surface area contributed by atoms with Crippen LogP contribution in [0.25, 0.3) is 10.2 Å². The number of fused-ring (bicyclic) bond motifs is 3. The minimum atomic E-state index is -0.236. The van der Waals surface area contributed by atoms with Crippen molar-refractivity contribution in [3.8, 4) is 0 Å². The lowest BCUT2D eigenvalue weighted by molar-refractivity contribution is 0.0952. The first-order valence-corrected chi connectivity index (χ1v) is 6.04. The van der Waals surface area contributed by atoms with Gasteiger partial charge in [0.2, 0.25) is 0 Å². The van der Waals surface area contributed by atoms with Gasteiger partial charge in [0.25, 0.3) is 5.91 Å². The van der Waals surface area contributed by atoms with Gasteiger partial charge in [-0.15, -0.1) is 11.3 Å². The number of aromatic nitrogens is 1. The molecular formula is C10H7ClN2O2S. The van der Waals surface area contributed by atoms with Gasteiger partial charge in [0.05, 0.1) is 20.8 Å². The van der Waals surface area contributed by atoms with Gasteiger partial charge < -0.3 is 10.3 Å². The largest absolute Gasteiger partial charge is 0.350 e. The van der Waals surface area contributed by atoms with Crippen molar-refractivity contribution in [3.05, 3.63) is 21.7 Å². The fourth-order valence-corrected chi connectivity index (χ4v) is 3.16. The summed E-state index contributed by atoms with van der Waals surface area (Å²) in [7, 11) is 0. The van der Waals surface area contributed by atoms with Crippen molar-refractivity contribution in [3.63, 3.8) is 0 Å². The van der Waals surface area contributed by atoms with Gasteiger partial charge in [0.15, 0.2) is 5.78 Å². The molecule has 0 radical (unpaired) electrons. The van der Waals surface area contributed by atoms with Crippen LogP contribution in [0, 0.1) is 0 Å². The Bertz CT molecular complexity index is 614. The summed E-state index contributed by atoms with van der Waals surface area (Å²) in [4.78, 5) is 26.5. The summed E-state index contributed by atoms with van der Waals surface area (Å²) in [5.41, 5.74) is 1.51. The molecular weight excluding hydrogens is 248 g/mol. The zero-order chi connectivity index (χ0) is 11.3. The van der Waals surface area contributed by atoms with E-state index in [2.05, 4.69) is 10.3 Å². The highest BCUT2D eigenvalue weighted by molar-refractivity contribution is 7.18. The fraction of sp³-hybridized carbons (Fsp3) is 0.200. The molecule has 2 aromatic rings. The molecule has 0 saturated carbocycles. The number of rotatable bonds is 0. The van der Waals surface area contributed by atoms with Gasteiger partial charge in [-0.1, -0.05) is 11.6 Å². The lowest BCUT2D eigenvalue weighted by Crippen LogP contribution is -2.23. The van der Waals surface area contributed by atoms with E-state index in [0.717, 1.165) is 4.70 Å². The maximum absolute atomic E-state index is 11.9. The highest BCUT2D eigenvalue weighted by Gasteiger charge is 2.27. The number of H-pyrrole nitrogens is 1. The highest BCUT2D eigenvalue weighted by atomic mass is 35.5. The SMILES string of the molecule is O=C1NCCC(=O)c2c1[nH]c1c(Cl)csc21. The number of aromatic amines is 1. The van der Waals surface area contributed by atoms with E-state index in [0.29, 0.717) is 34.8 Å². The molecule has 2 N–H and O–H groups in total. The van der Waals surface area contributed by atoms with E-state index in [-0.39, 0.29) is 11.7 Å². The Morgan fingerprint density at radius 1 is 1.38 bits per heavy atom. The van der Waals surface area contributed by atoms with Crippen LogP contribution in [0.1, 0.15) is 27.3 Å². The average molecular weight is 255 g/mol. The summed E-state index contributed by atoms with van der Waals surface area (Å²) in [5, 5.41) is 4.98. The number of hydrogen-bond donors (Lipinski definition) is 2. The first-order valence-electron chi connectivity index (χ1n) is 4.78. The van der Waals surface area contributed by atoms with Gasteiger partial charge in [-0.05, 0) is 0 Å². The van der Waals surface area contributed by atoms with Crippen molar-refractivity contribution in [2.24, 2.45) is 0 Å². The third-order valence-corrected chi connectivity index (χ3v) is 4.04. The summed E-state index contributed by atoms with van der Waals surface area (Å²) in [6.07, 6.45) is 0.335. The third kappa shape index (κ3) is 1.22. The molecule has 16 heavy (non-hydrogen) atoms. The monoisotopic (exact) mass is 254 g/mol. The second-order valence-corrected chi connectivity index (χ2v) is 4.88. The normalized spacial score (nSPS) is 16.1. The maximum Gasteiger partial charge on any atom is 0.268 e. The van der Waals surface area contributed by atoms with E-state index in [9.17, 15) is 9.59 Å². The second-order valence-electron chi connectivity index (χ2n) is 3.59. The molecule has 0 unspecified atom stereocenters. The Labute approximate surface area is 99.6 Å². The maximum atomic E-state index is 11.9. The van der Waals surface area contributed by atoms with Crippen molar-refractivity contribution >= 4 is 44.8 Å². The fourth-order valence-electron chi connectivity index (χ4n) is 1.88. The Kier molecular flexibility index (Phi) is 2.05. The number of Topliss-reactive ketones (excluding diaryl/α,β-unsaturated/α-hetero) is 1. The number of amides is 1. The van der Waals surface area contributed by atoms with Gasteiger partial charge >= 0.3 is 0 Å². The van der Waals surface area contributed by atoms with Crippen LogP contribution in [0.15, 0.2) is 5.38 Å². The van der Waals surface area contributed by atoms with Crippen LogP contribution >= 0.6 is 22.9 Å². The van der Waals surface area contributed by atoms with Crippen molar-refractivity contribution in [2.45, 2.75) is 6.42 Å². The molecule has 4 nitrogen and oxygen atoms in total. The molecule has 0 aliphatic carbocycles. The van der Waals surface area contributed by atoms with Crippen LogP contribution in [-0.4, -0.2) is 23.2 Å². The highest BCUT2D eigenvalue weighted by Crippen LogP contribution is 2.35. The van der Waals surface area contributed by atoms with E-state index in [1.807, 2.05) is 0 Å². The quantitative estimate of drug-likeness (QED) is 0.757. The van der Waals surface area contributed by atoms with Gasteiger partial charge in [-0.3, -0.25) is 9.59 Å². The Balaban J connectivity index is 2.37. The van der Waals surface area contributed by atoms with Crippen molar-refractivity contribution in [1.29, 1.82) is 0 Å². The van der Waals surface area contributed by atoms with Gasteiger partial charge in [-0.25, -0.2) is 0 Å². The molecule has 0 fully saturated rings. The van der Waals surface area contributed by atoms with E-state index >= 15 is 0 Å². The van der Waals surface area contributed by atoms with Gasteiger partial charge in [0.1, 0.15) is 5.69 Å². The zero-order valence-electron chi connectivity index (χ0n) is 8.09. The molecule has 3 heterocycles. The molecule has 82 valence electrons. The third-order valence-electron chi connectivity index (χ3n) is 2.62. The van der Waals surface area contributed by atoms with Gasteiger partial charge in [0, 0.05) is 18.3 Å². The van der Waals surface area contributed by atoms with Crippen LogP contribution in [-0.2, 0) is 0 Å². The molecule has 1 aliphatic rings. The van der Waals surface area contributed by atoms with Crippen molar-refractivity contribution in [1.82, 2.24) is 10.3 Å².